The third-order valence-electron chi connectivity index (χ3n) is 5.95. The molecule has 2 heterocycles. The van der Waals surface area contributed by atoms with Crippen molar-refractivity contribution in [2.24, 2.45) is 0 Å². The summed E-state index contributed by atoms with van der Waals surface area (Å²) in [6.45, 7) is 0.157. The van der Waals surface area contributed by atoms with Crippen molar-refractivity contribution in [2.75, 3.05) is 5.32 Å². The zero-order valence-electron chi connectivity index (χ0n) is 20.4. The smallest absolute Gasteiger partial charge is 0.332 e. The minimum atomic E-state index is -0.591. The molecule has 4 rings (SSSR count). The van der Waals surface area contributed by atoms with Crippen LogP contribution < -0.4 is 21.9 Å². The van der Waals surface area contributed by atoms with Crippen molar-refractivity contribution < 1.29 is 18.4 Å². The van der Waals surface area contributed by atoms with E-state index < -0.39 is 23.0 Å². The molecule has 0 aliphatic heterocycles. The molecule has 0 saturated carbocycles. The molecule has 0 unspecified atom stereocenters. The van der Waals surface area contributed by atoms with Gasteiger partial charge in [-0.3, -0.25) is 23.5 Å². The fourth-order valence-corrected chi connectivity index (χ4v) is 4.83. The minimum Gasteiger partial charge on any atom is -0.352 e. The Kier molecular flexibility index (Phi) is 8.80. The van der Waals surface area contributed by atoms with Crippen LogP contribution in [-0.4, -0.2) is 20.9 Å². The highest BCUT2D eigenvalue weighted by atomic mass is 32.1. The molecule has 11 heteroatoms. The van der Waals surface area contributed by atoms with Crippen molar-refractivity contribution in [2.45, 2.75) is 45.3 Å². The Balaban J connectivity index is 1.33. The highest BCUT2D eigenvalue weighted by Crippen LogP contribution is 2.16. The van der Waals surface area contributed by atoms with E-state index in [1.807, 2.05) is 0 Å². The summed E-state index contributed by atoms with van der Waals surface area (Å²) in [5.41, 5.74) is 0.569. The molecule has 198 valence electrons. The summed E-state index contributed by atoms with van der Waals surface area (Å²) in [5, 5.41) is 7.10. The van der Waals surface area contributed by atoms with Crippen molar-refractivity contribution >= 4 is 39.1 Å². The number of hydrogen-bond donors (Lipinski definition) is 2. The number of benzene rings is 2. The van der Waals surface area contributed by atoms with Gasteiger partial charge in [0.2, 0.25) is 11.8 Å². The Bertz CT molecular complexity index is 1540. The number of unbranched alkanes of at least 4 members (excludes halogenated alkanes) is 2. The second-order valence-electron chi connectivity index (χ2n) is 8.73. The Morgan fingerprint density at radius 2 is 1.50 bits per heavy atom. The van der Waals surface area contributed by atoms with Crippen molar-refractivity contribution in [1.29, 1.82) is 0 Å². The lowest BCUT2D eigenvalue weighted by atomic mass is 10.1. The molecule has 2 N–H and O–H groups in total. The van der Waals surface area contributed by atoms with Crippen molar-refractivity contribution in [3.05, 3.63) is 98.0 Å². The highest BCUT2D eigenvalue weighted by molar-refractivity contribution is 7.17. The lowest BCUT2D eigenvalue weighted by molar-refractivity contribution is -0.121. The van der Waals surface area contributed by atoms with Crippen LogP contribution in [0.5, 0.6) is 0 Å². The zero-order valence-corrected chi connectivity index (χ0v) is 21.2. The van der Waals surface area contributed by atoms with Gasteiger partial charge >= 0.3 is 5.69 Å². The summed E-state index contributed by atoms with van der Waals surface area (Å²) in [6, 6.07) is 12.8. The van der Waals surface area contributed by atoms with Gasteiger partial charge in [0.05, 0.1) is 5.52 Å². The number of amides is 2. The van der Waals surface area contributed by atoms with Crippen LogP contribution in [0.25, 0.3) is 10.2 Å². The number of halogens is 2. The van der Waals surface area contributed by atoms with E-state index in [1.54, 1.807) is 23.6 Å². The van der Waals surface area contributed by atoms with Crippen LogP contribution in [0.2, 0.25) is 0 Å². The first-order valence-corrected chi connectivity index (χ1v) is 13.0. The van der Waals surface area contributed by atoms with Gasteiger partial charge in [-0.15, -0.1) is 11.3 Å². The number of carbonyl (C=O) groups is 2. The molecule has 2 aromatic carbocycles. The Labute approximate surface area is 220 Å². The van der Waals surface area contributed by atoms with E-state index in [9.17, 15) is 28.0 Å². The van der Waals surface area contributed by atoms with E-state index in [2.05, 4.69) is 10.6 Å². The topological polar surface area (TPSA) is 102 Å². The number of nitrogens with one attached hydrogen (secondary N) is 2. The lowest BCUT2D eigenvalue weighted by Gasteiger charge is -2.12. The molecule has 0 fully saturated rings. The van der Waals surface area contributed by atoms with Crippen LogP contribution in [0.3, 0.4) is 0 Å². The van der Waals surface area contributed by atoms with E-state index in [-0.39, 0.29) is 31.2 Å². The van der Waals surface area contributed by atoms with Crippen LogP contribution in [0.4, 0.5) is 14.5 Å². The first kappa shape index (κ1) is 26.9. The number of fused-ring (bicyclic) bond motifs is 1. The molecule has 0 radical (unpaired) electrons. The third kappa shape index (κ3) is 6.80. The number of thiophene rings is 1. The van der Waals surface area contributed by atoms with Gasteiger partial charge in [0.1, 0.15) is 22.9 Å². The number of aromatic nitrogens is 2. The predicted molar refractivity (Wildman–Crippen MR) is 142 cm³/mol. The fourth-order valence-electron chi connectivity index (χ4n) is 3.98. The standard InChI is InChI=1S/C27H26F2N4O4S/c28-19-7-5-18(6-8-19)16-30-23(34)4-2-1-3-14-32-26(36)25-22(13-15-38-25)33(27(32)37)17-24(35)31-21-11-9-20(29)10-12-21/h5-13,15H,1-4,14,16-17H2,(H,30,34)(H,31,35). The molecule has 2 amide bonds. The lowest BCUT2D eigenvalue weighted by Crippen LogP contribution is -2.41. The molecular weight excluding hydrogens is 514 g/mol. The first-order chi connectivity index (χ1) is 18.3. The second-order valence-corrected chi connectivity index (χ2v) is 9.65. The molecular formula is C27H26F2N4O4S. The van der Waals surface area contributed by atoms with E-state index >= 15 is 0 Å². The summed E-state index contributed by atoms with van der Waals surface area (Å²) >= 11 is 1.20. The molecule has 8 nitrogen and oxygen atoms in total. The van der Waals surface area contributed by atoms with Crippen LogP contribution >= 0.6 is 11.3 Å². The molecule has 2 aromatic heterocycles. The van der Waals surface area contributed by atoms with Gasteiger partial charge in [0.15, 0.2) is 0 Å². The van der Waals surface area contributed by atoms with Gasteiger partial charge in [0.25, 0.3) is 5.56 Å². The fraction of sp³-hybridized carbons (Fsp3) is 0.259. The van der Waals surface area contributed by atoms with Crippen molar-refractivity contribution in [1.82, 2.24) is 14.5 Å². The molecule has 0 aliphatic rings. The zero-order chi connectivity index (χ0) is 27.1. The van der Waals surface area contributed by atoms with Crippen molar-refractivity contribution in [3.63, 3.8) is 0 Å². The first-order valence-electron chi connectivity index (χ1n) is 12.1. The molecule has 4 aromatic rings. The van der Waals surface area contributed by atoms with Gasteiger partial charge in [-0.25, -0.2) is 13.6 Å². The average Bonchev–Trinajstić information content (AvgIpc) is 3.39. The van der Waals surface area contributed by atoms with E-state index in [0.717, 1.165) is 10.1 Å². The number of hydrogen-bond acceptors (Lipinski definition) is 5. The normalized spacial score (nSPS) is 11.0. The largest absolute Gasteiger partial charge is 0.352 e. The third-order valence-corrected chi connectivity index (χ3v) is 6.85. The minimum absolute atomic E-state index is 0.138. The van der Waals surface area contributed by atoms with Gasteiger partial charge in [-0.1, -0.05) is 18.6 Å². The molecule has 0 spiro atoms. The highest BCUT2D eigenvalue weighted by Gasteiger charge is 2.16. The quantitative estimate of drug-likeness (QED) is 0.281. The van der Waals surface area contributed by atoms with Crippen LogP contribution in [0.1, 0.15) is 31.2 Å². The number of carbonyl (C=O) groups excluding carboxylic acids is 2. The molecule has 38 heavy (non-hydrogen) atoms. The molecule has 0 saturated heterocycles. The summed E-state index contributed by atoms with van der Waals surface area (Å²) < 4.78 is 28.9. The molecule has 0 aliphatic carbocycles. The number of rotatable bonds is 11. The Morgan fingerprint density at radius 3 is 2.21 bits per heavy atom. The van der Waals surface area contributed by atoms with Gasteiger partial charge < -0.3 is 10.6 Å². The maximum atomic E-state index is 13.2. The van der Waals surface area contributed by atoms with Gasteiger partial charge in [-0.2, -0.15) is 0 Å². The Morgan fingerprint density at radius 1 is 0.816 bits per heavy atom. The molecule has 0 atom stereocenters. The summed E-state index contributed by atoms with van der Waals surface area (Å²) in [6.07, 6.45) is 1.97. The van der Waals surface area contributed by atoms with E-state index in [4.69, 9.17) is 0 Å². The second kappa shape index (κ2) is 12.4. The van der Waals surface area contributed by atoms with Crippen molar-refractivity contribution in [3.8, 4) is 0 Å². The predicted octanol–water partition coefficient (Wildman–Crippen LogP) is 4.02. The van der Waals surface area contributed by atoms with E-state index in [1.165, 1.54) is 52.3 Å². The Hall–Kier alpha value is -4.12. The summed E-state index contributed by atoms with van der Waals surface area (Å²) in [5.74, 6) is -1.39. The van der Waals surface area contributed by atoms with Crippen LogP contribution in [0, 0.1) is 11.6 Å². The van der Waals surface area contributed by atoms with Gasteiger partial charge in [0, 0.05) is 25.2 Å². The summed E-state index contributed by atoms with van der Waals surface area (Å²) in [4.78, 5) is 50.8. The number of nitrogens with zero attached hydrogens (tertiary/aromatic N) is 2. The van der Waals surface area contributed by atoms with Crippen LogP contribution in [0.15, 0.2) is 69.6 Å². The van der Waals surface area contributed by atoms with E-state index in [0.29, 0.717) is 41.7 Å². The number of anilines is 1. The van der Waals surface area contributed by atoms with Crippen LogP contribution in [-0.2, 0) is 29.2 Å². The van der Waals surface area contributed by atoms with Gasteiger partial charge in [-0.05, 0) is 66.2 Å². The summed E-state index contributed by atoms with van der Waals surface area (Å²) in [7, 11) is 0. The maximum absolute atomic E-state index is 13.2. The SMILES string of the molecule is O=C(CCCCCn1c(=O)c2sccc2n(CC(=O)Nc2ccc(F)cc2)c1=O)NCc1ccc(F)cc1. The molecule has 0 bridgehead atoms. The average molecular weight is 541 g/mol. The maximum Gasteiger partial charge on any atom is 0.332 e. The monoisotopic (exact) mass is 540 g/mol.